The van der Waals surface area contributed by atoms with Crippen LogP contribution in [0.5, 0.6) is 17.2 Å². The van der Waals surface area contributed by atoms with Gasteiger partial charge in [0.05, 0.1) is 0 Å². The molecular weight excluding hydrogens is 660 g/mol. The molecule has 1 heterocycles. The Bertz CT molecular complexity index is 1830. The summed E-state index contributed by atoms with van der Waals surface area (Å²) in [5.74, 6) is -0.168. The molecule has 6 heteroatoms. The minimum absolute atomic E-state index is 0. The third-order valence-electron chi connectivity index (χ3n) is 8.29. The number of para-hydroxylation sites is 3. The monoisotopic (exact) mass is 695 g/mol. The SMILES string of the molecule is [Fe+4].[O-]c1c(CN(Cc2cccc(-c3ccccc3)c2[O-])Cc2cccc(-c3ccccc3)c2[O-])cccc1-c1ccccc1.c1ccncc1. The van der Waals surface area contributed by atoms with Gasteiger partial charge in [-0.25, -0.2) is 0 Å². The van der Waals surface area contributed by atoms with Crippen LogP contribution in [0.4, 0.5) is 0 Å². The molecule has 0 fully saturated rings. The Morgan fingerprint density at radius 2 is 0.660 bits per heavy atom. The summed E-state index contributed by atoms with van der Waals surface area (Å²) >= 11 is 0. The number of aromatic nitrogens is 1. The van der Waals surface area contributed by atoms with Crippen LogP contribution in [0.2, 0.25) is 0 Å². The van der Waals surface area contributed by atoms with Gasteiger partial charge in [-0.3, -0.25) is 9.88 Å². The second-order valence-corrected chi connectivity index (χ2v) is 11.6. The summed E-state index contributed by atoms with van der Waals surface area (Å²) in [5.41, 5.74) is 6.29. The average molecular weight is 696 g/mol. The number of pyridine rings is 1. The molecule has 0 saturated heterocycles. The van der Waals surface area contributed by atoms with E-state index in [1.165, 1.54) is 0 Å². The first-order valence-corrected chi connectivity index (χ1v) is 16.2. The number of nitrogens with zero attached hydrogens (tertiary/aromatic N) is 2. The molecule has 0 spiro atoms. The van der Waals surface area contributed by atoms with Gasteiger partial charge in [-0.05, 0) is 62.2 Å². The standard InChI is InChI=1S/C39H33NO3.C5H5N.Fe/c41-37-31(19-10-22-34(37)28-13-4-1-5-14-28)25-40(26-32-20-11-23-35(38(32)42)29-15-6-2-7-16-29)27-33-21-12-24-36(39(33)43)30-17-8-3-9-18-30;1-2-4-6-5-3-1;/h1-24,41-43H,25-27H2;1-5H;/q;;+4/p-3. The van der Waals surface area contributed by atoms with Gasteiger partial charge in [0.1, 0.15) is 0 Å². The zero-order chi connectivity index (χ0) is 33.8. The first-order valence-electron chi connectivity index (χ1n) is 16.2. The molecule has 0 aliphatic heterocycles. The van der Waals surface area contributed by atoms with Crippen molar-refractivity contribution in [2.75, 3.05) is 0 Å². The summed E-state index contributed by atoms with van der Waals surface area (Å²) in [6.45, 7) is 0.844. The number of rotatable bonds is 9. The molecular formula is C44H35FeN2O3+. The van der Waals surface area contributed by atoms with Gasteiger partial charge in [-0.2, -0.15) is 0 Å². The fourth-order valence-electron chi connectivity index (χ4n) is 5.87. The average Bonchev–Trinajstić information content (AvgIpc) is 3.16. The van der Waals surface area contributed by atoms with Gasteiger partial charge in [0.25, 0.3) is 0 Å². The number of hydrogen-bond donors (Lipinski definition) is 0. The van der Waals surface area contributed by atoms with Crippen LogP contribution in [-0.2, 0) is 36.7 Å². The van der Waals surface area contributed by atoms with Crippen LogP contribution in [-0.4, -0.2) is 9.88 Å². The first-order chi connectivity index (χ1) is 24.1. The quantitative estimate of drug-likeness (QED) is 0.142. The summed E-state index contributed by atoms with van der Waals surface area (Å²) in [7, 11) is 0. The molecule has 0 amide bonds. The molecule has 0 bridgehead atoms. The van der Waals surface area contributed by atoms with E-state index in [4.69, 9.17) is 0 Å². The molecule has 5 nitrogen and oxygen atoms in total. The summed E-state index contributed by atoms with van der Waals surface area (Å²) in [6.07, 6.45) is 3.50. The van der Waals surface area contributed by atoms with E-state index >= 15 is 0 Å². The normalized spacial score (nSPS) is 10.5. The van der Waals surface area contributed by atoms with Crippen molar-refractivity contribution in [3.8, 4) is 50.6 Å². The predicted molar refractivity (Wildman–Crippen MR) is 191 cm³/mol. The Morgan fingerprint density at radius 3 is 0.920 bits per heavy atom. The molecule has 0 atom stereocenters. The van der Waals surface area contributed by atoms with E-state index in [0.29, 0.717) is 33.4 Å². The van der Waals surface area contributed by atoms with Crippen LogP contribution in [0.1, 0.15) is 16.7 Å². The van der Waals surface area contributed by atoms with Crippen LogP contribution in [0.25, 0.3) is 33.4 Å². The van der Waals surface area contributed by atoms with Crippen molar-refractivity contribution in [1.29, 1.82) is 0 Å². The van der Waals surface area contributed by atoms with E-state index in [-0.39, 0.29) is 54.0 Å². The molecule has 6 aromatic carbocycles. The molecule has 50 heavy (non-hydrogen) atoms. The van der Waals surface area contributed by atoms with Gasteiger partial charge in [-0.1, -0.05) is 169 Å². The van der Waals surface area contributed by atoms with Gasteiger partial charge in [-0.15, -0.1) is 0 Å². The molecule has 0 aliphatic carbocycles. The second kappa shape index (κ2) is 17.7. The Morgan fingerprint density at radius 1 is 0.360 bits per heavy atom. The van der Waals surface area contributed by atoms with Gasteiger partial charge >= 0.3 is 17.1 Å². The van der Waals surface area contributed by atoms with Crippen molar-refractivity contribution in [2.24, 2.45) is 0 Å². The zero-order valence-electron chi connectivity index (χ0n) is 27.3. The van der Waals surface area contributed by atoms with E-state index in [1.54, 1.807) is 12.4 Å². The van der Waals surface area contributed by atoms with Crippen molar-refractivity contribution in [3.63, 3.8) is 0 Å². The third-order valence-corrected chi connectivity index (χ3v) is 8.29. The molecule has 0 unspecified atom stereocenters. The predicted octanol–water partition coefficient (Wildman–Crippen LogP) is 8.19. The molecule has 0 N–H and O–H groups in total. The van der Waals surface area contributed by atoms with Crippen molar-refractivity contribution < 1.29 is 32.4 Å². The molecule has 0 aliphatic rings. The van der Waals surface area contributed by atoms with Crippen LogP contribution >= 0.6 is 0 Å². The van der Waals surface area contributed by atoms with Crippen LogP contribution in [0.15, 0.2) is 176 Å². The largest absolute Gasteiger partial charge is 4.00 e. The van der Waals surface area contributed by atoms with Crippen molar-refractivity contribution in [3.05, 3.63) is 193 Å². The number of benzene rings is 6. The van der Waals surface area contributed by atoms with Crippen molar-refractivity contribution >= 4 is 0 Å². The van der Waals surface area contributed by atoms with Gasteiger partial charge < -0.3 is 15.3 Å². The Balaban J connectivity index is 0.000000629. The second-order valence-electron chi connectivity index (χ2n) is 11.6. The van der Waals surface area contributed by atoms with Gasteiger partial charge in [0.15, 0.2) is 0 Å². The smallest absolute Gasteiger partial charge is 0.872 e. The topological polar surface area (TPSA) is 85.3 Å². The molecule has 246 valence electrons. The summed E-state index contributed by atoms with van der Waals surface area (Å²) in [6, 6.07) is 51.2. The van der Waals surface area contributed by atoms with E-state index < -0.39 is 0 Å². The Labute approximate surface area is 304 Å². The maximum Gasteiger partial charge on any atom is 4.00 e. The fourth-order valence-corrected chi connectivity index (χ4v) is 5.87. The minimum atomic E-state index is -0.0560. The van der Waals surface area contributed by atoms with Crippen LogP contribution in [0.3, 0.4) is 0 Å². The summed E-state index contributed by atoms with van der Waals surface area (Å²) in [5, 5.41) is 41.0. The van der Waals surface area contributed by atoms with Crippen molar-refractivity contribution in [1.82, 2.24) is 9.88 Å². The number of hydrogen-bond acceptors (Lipinski definition) is 5. The first kappa shape index (κ1) is 35.7. The van der Waals surface area contributed by atoms with Crippen LogP contribution < -0.4 is 15.3 Å². The maximum atomic E-state index is 13.7. The van der Waals surface area contributed by atoms with E-state index in [2.05, 4.69) is 4.98 Å². The molecule has 1 aromatic heterocycles. The Hall–Kier alpha value is -5.65. The van der Waals surface area contributed by atoms with E-state index in [1.807, 2.05) is 169 Å². The summed E-state index contributed by atoms with van der Waals surface area (Å²) < 4.78 is 0. The van der Waals surface area contributed by atoms with Gasteiger partial charge in [0.2, 0.25) is 0 Å². The third kappa shape index (κ3) is 8.87. The maximum absolute atomic E-state index is 13.7. The van der Waals surface area contributed by atoms with E-state index in [0.717, 1.165) is 16.7 Å². The Kier molecular flexibility index (Phi) is 12.6. The van der Waals surface area contributed by atoms with Gasteiger partial charge in [0, 0.05) is 32.0 Å². The molecule has 0 radical (unpaired) electrons. The molecule has 7 rings (SSSR count). The zero-order valence-corrected chi connectivity index (χ0v) is 28.4. The van der Waals surface area contributed by atoms with Crippen molar-refractivity contribution in [2.45, 2.75) is 19.6 Å². The summed E-state index contributed by atoms with van der Waals surface area (Å²) in [4.78, 5) is 5.80. The minimum Gasteiger partial charge on any atom is -0.872 e. The van der Waals surface area contributed by atoms with E-state index in [9.17, 15) is 15.3 Å². The molecule has 0 saturated carbocycles. The van der Waals surface area contributed by atoms with Crippen LogP contribution in [0, 0.1) is 0 Å². The molecule has 7 aromatic rings. The fraction of sp³-hybridized carbons (Fsp3) is 0.0682.